The summed E-state index contributed by atoms with van der Waals surface area (Å²) in [5.74, 6) is 0.955. The Kier molecular flexibility index (Phi) is 2.86. The van der Waals surface area contributed by atoms with Crippen molar-refractivity contribution < 1.29 is 4.74 Å². The number of aryl methyl sites for hydroxylation is 1. The Balaban J connectivity index is 1.65. The van der Waals surface area contributed by atoms with Crippen LogP contribution in [0.5, 0.6) is 5.75 Å². The summed E-state index contributed by atoms with van der Waals surface area (Å²) in [6.45, 7) is 2.22. The average Bonchev–Trinajstić information content (AvgIpc) is 3.50. The smallest absolute Gasteiger partial charge is 0.126 e. The van der Waals surface area contributed by atoms with Crippen LogP contribution >= 0.6 is 22.7 Å². The third-order valence-electron chi connectivity index (χ3n) is 7.03. The standard InChI is InChI=1S/C28H16OS2/c1-13-9-10-19-21-14(13)5-3-7-16(21)23-26(19)31-28-24-17-11-12-20(29-2)15-6-4-8-18(22(15)17)25(24)30-27(23)28/h3-12H,1-2H3. The number of methoxy groups -OCH3 is 1. The van der Waals surface area contributed by atoms with Crippen LogP contribution in [0, 0.1) is 6.92 Å². The van der Waals surface area contributed by atoms with Gasteiger partial charge in [0.1, 0.15) is 5.75 Å². The second-order valence-corrected chi connectivity index (χ2v) is 10.5. The Hall–Kier alpha value is -3.14. The Labute approximate surface area is 185 Å². The third kappa shape index (κ3) is 1.77. The topological polar surface area (TPSA) is 9.23 Å². The summed E-state index contributed by atoms with van der Waals surface area (Å²) in [4.78, 5) is 0. The van der Waals surface area contributed by atoms with Crippen molar-refractivity contribution in [3.63, 3.8) is 0 Å². The highest BCUT2D eigenvalue weighted by Gasteiger charge is 2.24. The molecule has 2 aromatic heterocycles. The molecule has 3 heteroatoms. The zero-order chi connectivity index (χ0) is 20.4. The van der Waals surface area contributed by atoms with Gasteiger partial charge >= 0.3 is 0 Å². The van der Waals surface area contributed by atoms with Gasteiger partial charge in [-0.15, -0.1) is 22.7 Å². The van der Waals surface area contributed by atoms with Crippen molar-refractivity contribution >= 4 is 95.3 Å². The van der Waals surface area contributed by atoms with E-state index in [-0.39, 0.29) is 0 Å². The second-order valence-electron chi connectivity index (χ2n) is 8.47. The van der Waals surface area contributed by atoms with Gasteiger partial charge in [-0.1, -0.05) is 48.5 Å². The van der Waals surface area contributed by atoms with E-state index in [4.69, 9.17) is 4.74 Å². The fourth-order valence-corrected chi connectivity index (χ4v) is 8.70. The molecule has 0 aliphatic carbocycles. The quantitative estimate of drug-likeness (QED) is 0.251. The molecule has 0 radical (unpaired) electrons. The third-order valence-corrected chi connectivity index (χ3v) is 9.64. The molecule has 0 unspecified atom stereocenters. The SMILES string of the molecule is COc1ccc2c3c1cccc3c1sc3c(sc4c5ccc(C)c6cccc(c65)c43)c21. The predicted octanol–water partition coefficient (Wildman–Crippen LogP) is 9.07. The van der Waals surface area contributed by atoms with Gasteiger partial charge in [-0.3, -0.25) is 0 Å². The van der Waals surface area contributed by atoms with Gasteiger partial charge in [0.2, 0.25) is 0 Å². The van der Waals surface area contributed by atoms with Gasteiger partial charge in [0.15, 0.2) is 0 Å². The minimum absolute atomic E-state index is 0.955. The van der Waals surface area contributed by atoms with Crippen LogP contribution < -0.4 is 4.74 Å². The molecular formula is C28H16OS2. The monoisotopic (exact) mass is 432 g/mol. The zero-order valence-corrected chi connectivity index (χ0v) is 18.6. The summed E-state index contributed by atoms with van der Waals surface area (Å²) in [6, 6.07) is 22.4. The molecule has 0 aliphatic rings. The maximum Gasteiger partial charge on any atom is 0.126 e. The van der Waals surface area contributed by atoms with Gasteiger partial charge in [-0.05, 0) is 46.2 Å². The van der Waals surface area contributed by atoms with Crippen LogP contribution in [0.1, 0.15) is 5.56 Å². The molecular weight excluding hydrogens is 416 g/mol. The largest absolute Gasteiger partial charge is 0.496 e. The number of rotatable bonds is 1. The maximum atomic E-state index is 5.66. The lowest BCUT2D eigenvalue weighted by molar-refractivity contribution is 0.420. The van der Waals surface area contributed by atoms with Gasteiger partial charge < -0.3 is 4.74 Å². The molecule has 31 heavy (non-hydrogen) atoms. The Bertz CT molecular complexity index is 1990. The Morgan fingerprint density at radius 1 is 0.516 bits per heavy atom. The zero-order valence-electron chi connectivity index (χ0n) is 17.0. The van der Waals surface area contributed by atoms with E-state index in [0.717, 1.165) is 5.75 Å². The fourth-order valence-electron chi connectivity index (χ4n) is 5.71. The molecule has 0 bridgehead atoms. The first kappa shape index (κ1) is 16.5. The van der Waals surface area contributed by atoms with Gasteiger partial charge in [0.25, 0.3) is 0 Å². The molecule has 0 amide bonds. The molecule has 0 saturated heterocycles. The van der Waals surface area contributed by atoms with Crippen molar-refractivity contribution in [2.45, 2.75) is 6.92 Å². The minimum Gasteiger partial charge on any atom is -0.496 e. The summed E-state index contributed by atoms with van der Waals surface area (Å²) in [7, 11) is 1.76. The maximum absolute atomic E-state index is 5.66. The van der Waals surface area contributed by atoms with Gasteiger partial charge in [-0.25, -0.2) is 0 Å². The van der Waals surface area contributed by atoms with Crippen LogP contribution in [0.3, 0.4) is 0 Å². The number of benzene rings is 4. The highest BCUT2D eigenvalue weighted by Crippen LogP contribution is 2.55. The lowest BCUT2D eigenvalue weighted by Gasteiger charge is -2.05. The second kappa shape index (κ2) is 5.37. The number of hydrogen-bond donors (Lipinski definition) is 0. The van der Waals surface area contributed by atoms with Crippen LogP contribution in [-0.2, 0) is 0 Å². The minimum atomic E-state index is 0.955. The molecule has 8 aromatic rings. The highest BCUT2D eigenvalue weighted by molar-refractivity contribution is 7.38. The van der Waals surface area contributed by atoms with E-state index >= 15 is 0 Å². The number of hydrogen-bond acceptors (Lipinski definition) is 3. The molecule has 0 fully saturated rings. The van der Waals surface area contributed by atoms with Crippen LogP contribution in [-0.4, -0.2) is 7.11 Å². The first-order chi connectivity index (χ1) is 15.3. The van der Waals surface area contributed by atoms with Crippen molar-refractivity contribution in [2.75, 3.05) is 7.11 Å². The number of thiophene rings is 2. The Morgan fingerprint density at radius 3 is 1.81 bits per heavy atom. The van der Waals surface area contributed by atoms with E-state index in [2.05, 4.69) is 67.6 Å². The van der Waals surface area contributed by atoms with Crippen molar-refractivity contribution in [3.05, 3.63) is 66.2 Å². The Morgan fingerprint density at radius 2 is 1.06 bits per heavy atom. The lowest BCUT2D eigenvalue weighted by Crippen LogP contribution is -1.84. The molecule has 0 aliphatic heterocycles. The molecule has 0 saturated carbocycles. The first-order valence-corrected chi connectivity index (χ1v) is 12.1. The molecule has 2 heterocycles. The molecule has 0 spiro atoms. The summed E-state index contributed by atoms with van der Waals surface area (Å²) in [5.41, 5.74) is 1.36. The van der Waals surface area contributed by atoms with E-state index in [9.17, 15) is 0 Å². The van der Waals surface area contributed by atoms with E-state index in [1.54, 1.807) is 7.11 Å². The average molecular weight is 433 g/mol. The van der Waals surface area contributed by atoms with E-state index < -0.39 is 0 Å². The number of ether oxygens (including phenoxy) is 1. The fraction of sp³-hybridized carbons (Fsp3) is 0.0714. The van der Waals surface area contributed by atoms with Crippen LogP contribution in [0.15, 0.2) is 60.7 Å². The van der Waals surface area contributed by atoms with Crippen LogP contribution in [0.25, 0.3) is 72.7 Å². The van der Waals surface area contributed by atoms with Crippen molar-refractivity contribution in [3.8, 4) is 5.75 Å². The summed E-state index contributed by atoms with van der Waals surface area (Å²) in [6.07, 6.45) is 0. The lowest BCUT2D eigenvalue weighted by atomic mass is 10.0. The molecule has 1 nitrogen and oxygen atoms in total. The van der Waals surface area contributed by atoms with Gasteiger partial charge in [0.05, 0.1) is 16.5 Å². The molecule has 8 rings (SSSR count). The summed E-state index contributed by atoms with van der Waals surface area (Å²) < 4.78 is 11.4. The normalized spacial score (nSPS) is 12.8. The van der Waals surface area contributed by atoms with Crippen molar-refractivity contribution in [2.24, 2.45) is 0 Å². The highest BCUT2D eigenvalue weighted by atomic mass is 32.1. The number of fused-ring (bicyclic) bond motifs is 9. The molecule has 146 valence electrons. The first-order valence-electron chi connectivity index (χ1n) is 10.5. The summed E-state index contributed by atoms with van der Waals surface area (Å²) in [5, 5.41) is 13.8. The van der Waals surface area contributed by atoms with Crippen LogP contribution in [0.2, 0.25) is 0 Å². The predicted molar refractivity (Wildman–Crippen MR) is 138 cm³/mol. The van der Waals surface area contributed by atoms with Gasteiger partial charge in [-0.2, -0.15) is 0 Å². The van der Waals surface area contributed by atoms with E-state index in [1.165, 1.54) is 78.2 Å². The molecule has 0 atom stereocenters. The van der Waals surface area contributed by atoms with E-state index in [0.29, 0.717) is 0 Å². The van der Waals surface area contributed by atoms with Gasteiger partial charge in [0, 0.05) is 41.7 Å². The van der Waals surface area contributed by atoms with E-state index in [1.807, 2.05) is 22.7 Å². The van der Waals surface area contributed by atoms with Crippen LogP contribution in [0.4, 0.5) is 0 Å². The molecule has 0 N–H and O–H groups in total. The van der Waals surface area contributed by atoms with Crippen molar-refractivity contribution in [1.29, 1.82) is 0 Å². The summed E-state index contributed by atoms with van der Waals surface area (Å²) >= 11 is 3.95. The molecule has 6 aromatic carbocycles. The van der Waals surface area contributed by atoms with Crippen molar-refractivity contribution in [1.82, 2.24) is 0 Å².